The molecule has 0 radical (unpaired) electrons. The van der Waals surface area contributed by atoms with Gasteiger partial charge < -0.3 is 0 Å². The molecule has 11 heavy (non-hydrogen) atoms. The predicted molar refractivity (Wildman–Crippen MR) is 48.4 cm³/mol. The molecule has 0 heteroatoms. The lowest BCUT2D eigenvalue weighted by atomic mass is 9.63. The Morgan fingerprint density at radius 3 is 1.91 bits per heavy atom. The first-order valence-corrected chi connectivity index (χ1v) is 5.27. The van der Waals surface area contributed by atoms with Gasteiger partial charge in [0.1, 0.15) is 0 Å². The zero-order valence-corrected chi connectivity index (χ0v) is 7.84. The van der Waals surface area contributed by atoms with Crippen molar-refractivity contribution in [2.75, 3.05) is 0 Å². The molecule has 0 N–H and O–H groups in total. The van der Waals surface area contributed by atoms with E-state index in [1.807, 2.05) is 0 Å². The zero-order chi connectivity index (χ0) is 7.84. The number of fused-ring (bicyclic) bond motifs is 2. The fraction of sp³-hybridized carbons (Fsp3) is 1.00. The smallest absolute Gasteiger partial charge is 0.0386 e. The summed E-state index contributed by atoms with van der Waals surface area (Å²) in [5.74, 6) is 4.26. The monoisotopic (exact) mass is 152 g/mol. The molecule has 0 aliphatic heterocycles. The highest BCUT2D eigenvalue weighted by Gasteiger charge is 2.34. The third-order valence-electron chi connectivity index (χ3n) is 4.11. The lowest BCUT2D eigenvalue weighted by molar-refractivity contribution is 0.0829. The van der Waals surface area contributed by atoms with Gasteiger partial charge in [-0.1, -0.05) is 33.1 Å². The maximum atomic E-state index is 2.46. The summed E-state index contributed by atoms with van der Waals surface area (Å²) < 4.78 is 0. The summed E-state index contributed by atoms with van der Waals surface area (Å²) in [4.78, 5) is 0. The van der Waals surface area contributed by atoms with Gasteiger partial charge in [0.05, 0.1) is 0 Å². The van der Waals surface area contributed by atoms with Gasteiger partial charge in [-0.05, 0) is 36.5 Å². The van der Waals surface area contributed by atoms with E-state index in [9.17, 15) is 0 Å². The molecule has 0 heterocycles. The molecule has 64 valence electrons. The largest absolute Gasteiger partial charge is 0.0622 e. The van der Waals surface area contributed by atoms with E-state index in [4.69, 9.17) is 0 Å². The van der Waals surface area contributed by atoms with Gasteiger partial charge in [-0.15, -0.1) is 0 Å². The average molecular weight is 152 g/mol. The maximum Gasteiger partial charge on any atom is -0.0386 e. The molecule has 2 bridgehead atoms. The van der Waals surface area contributed by atoms with Crippen LogP contribution in [0.1, 0.15) is 46.0 Å². The molecule has 2 aliphatic rings. The summed E-state index contributed by atoms with van der Waals surface area (Å²) in [7, 11) is 0. The van der Waals surface area contributed by atoms with Crippen molar-refractivity contribution in [1.29, 1.82) is 0 Å². The normalized spacial score (nSPS) is 50.7. The minimum atomic E-state index is 1.03. The van der Waals surface area contributed by atoms with Crippen molar-refractivity contribution in [3.8, 4) is 0 Å². The predicted octanol–water partition coefficient (Wildman–Crippen LogP) is 3.47. The summed E-state index contributed by atoms with van der Waals surface area (Å²) in [5.41, 5.74) is 0. The van der Waals surface area contributed by atoms with Crippen molar-refractivity contribution in [1.82, 2.24) is 0 Å². The first-order valence-electron chi connectivity index (χ1n) is 5.27. The Morgan fingerprint density at radius 1 is 0.818 bits per heavy atom. The third kappa shape index (κ3) is 1.32. The van der Waals surface area contributed by atoms with E-state index in [2.05, 4.69) is 13.8 Å². The van der Waals surface area contributed by atoms with Crippen LogP contribution in [0.2, 0.25) is 0 Å². The Kier molecular flexibility index (Phi) is 1.95. The Labute approximate surface area is 70.4 Å². The van der Waals surface area contributed by atoms with Crippen LogP contribution in [0.3, 0.4) is 0 Å². The van der Waals surface area contributed by atoms with Gasteiger partial charge >= 0.3 is 0 Å². The van der Waals surface area contributed by atoms with Crippen LogP contribution >= 0.6 is 0 Å². The van der Waals surface area contributed by atoms with Gasteiger partial charge in [-0.25, -0.2) is 0 Å². The molecule has 2 saturated carbocycles. The van der Waals surface area contributed by atoms with Crippen LogP contribution < -0.4 is 0 Å². The molecule has 0 amide bonds. The first kappa shape index (κ1) is 7.64. The number of hydrogen-bond donors (Lipinski definition) is 0. The molecule has 0 spiro atoms. The van der Waals surface area contributed by atoms with Gasteiger partial charge in [-0.3, -0.25) is 0 Å². The zero-order valence-electron chi connectivity index (χ0n) is 7.84. The van der Waals surface area contributed by atoms with E-state index in [0.717, 1.165) is 23.7 Å². The van der Waals surface area contributed by atoms with Crippen LogP contribution in [-0.2, 0) is 0 Å². The van der Waals surface area contributed by atoms with E-state index in [0.29, 0.717) is 0 Å². The highest BCUT2D eigenvalue weighted by atomic mass is 14.4. The lowest BCUT2D eigenvalue weighted by Crippen LogP contribution is -2.32. The molecular formula is C11H20. The van der Waals surface area contributed by atoms with Gasteiger partial charge in [-0.2, -0.15) is 0 Å². The van der Waals surface area contributed by atoms with Crippen LogP contribution in [0.5, 0.6) is 0 Å². The third-order valence-corrected chi connectivity index (χ3v) is 4.11. The van der Waals surface area contributed by atoms with Gasteiger partial charge in [0.15, 0.2) is 0 Å². The summed E-state index contributed by atoms with van der Waals surface area (Å²) in [6.07, 6.45) is 7.65. The summed E-state index contributed by atoms with van der Waals surface area (Å²) >= 11 is 0. The van der Waals surface area contributed by atoms with Crippen molar-refractivity contribution < 1.29 is 0 Å². The van der Waals surface area contributed by atoms with Crippen molar-refractivity contribution >= 4 is 0 Å². The minimum absolute atomic E-state index is 1.03. The van der Waals surface area contributed by atoms with Gasteiger partial charge in [0, 0.05) is 0 Å². The summed E-state index contributed by atoms with van der Waals surface area (Å²) in [6.45, 7) is 4.92. The van der Waals surface area contributed by atoms with E-state index >= 15 is 0 Å². The molecule has 4 atom stereocenters. The second-order valence-corrected chi connectivity index (χ2v) is 4.88. The molecule has 0 saturated heterocycles. The minimum Gasteiger partial charge on any atom is -0.0622 e. The molecule has 2 fully saturated rings. The summed E-state index contributed by atoms with van der Waals surface area (Å²) in [6, 6.07) is 0. The molecule has 0 aromatic carbocycles. The Morgan fingerprint density at radius 2 is 1.36 bits per heavy atom. The second-order valence-electron chi connectivity index (χ2n) is 4.88. The topological polar surface area (TPSA) is 0 Å². The highest BCUT2D eigenvalue weighted by Crippen LogP contribution is 2.45. The molecule has 0 aromatic rings. The van der Waals surface area contributed by atoms with Crippen molar-refractivity contribution in [2.45, 2.75) is 46.0 Å². The fourth-order valence-corrected chi connectivity index (χ4v) is 3.27. The Hall–Kier alpha value is 0. The highest BCUT2D eigenvalue weighted by molar-refractivity contribution is 4.85. The quantitative estimate of drug-likeness (QED) is 0.498. The van der Waals surface area contributed by atoms with Crippen LogP contribution in [0, 0.1) is 23.7 Å². The molecule has 0 aromatic heterocycles. The molecule has 2 rings (SSSR count). The Balaban J connectivity index is 2.05. The first-order chi connectivity index (χ1) is 5.27. The number of hydrogen-bond acceptors (Lipinski definition) is 0. The fourth-order valence-electron chi connectivity index (χ4n) is 3.27. The van der Waals surface area contributed by atoms with Crippen LogP contribution in [0.4, 0.5) is 0 Å². The van der Waals surface area contributed by atoms with E-state index in [1.165, 1.54) is 25.7 Å². The van der Waals surface area contributed by atoms with E-state index in [1.54, 1.807) is 6.42 Å². The van der Waals surface area contributed by atoms with Gasteiger partial charge in [0.25, 0.3) is 0 Å². The maximum absolute atomic E-state index is 2.46. The van der Waals surface area contributed by atoms with Crippen LogP contribution in [0.15, 0.2) is 0 Å². The van der Waals surface area contributed by atoms with E-state index in [-0.39, 0.29) is 0 Å². The summed E-state index contributed by atoms with van der Waals surface area (Å²) in [5, 5.41) is 0. The van der Waals surface area contributed by atoms with Crippen LogP contribution in [0.25, 0.3) is 0 Å². The molecular weight excluding hydrogens is 132 g/mol. The lowest BCUT2D eigenvalue weighted by Gasteiger charge is -2.42. The SMILES string of the molecule is CC1C[C@H](C)C2CCCC1C2. The van der Waals surface area contributed by atoms with Crippen molar-refractivity contribution in [3.63, 3.8) is 0 Å². The van der Waals surface area contributed by atoms with Crippen molar-refractivity contribution in [3.05, 3.63) is 0 Å². The Bertz CT molecular complexity index is 125. The standard InChI is InChI=1S/C11H20/c1-8-6-9(2)11-5-3-4-10(8)7-11/h8-11H,3-7H2,1-2H3/t8-,9?,10?,11?/m0/s1. The average Bonchev–Trinajstić information content (AvgIpc) is 2.02. The van der Waals surface area contributed by atoms with Crippen LogP contribution in [-0.4, -0.2) is 0 Å². The number of rotatable bonds is 0. The van der Waals surface area contributed by atoms with Gasteiger partial charge in [0.2, 0.25) is 0 Å². The van der Waals surface area contributed by atoms with E-state index < -0.39 is 0 Å². The second kappa shape index (κ2) is 2.80. The van der Waals surface area contributed by atoms with Crippen molar-refractivity contribution in [2.24, 2.45) is 23.7 Å². The molecule has 3 unspecified atom stereocenters. The molecule has 2 aliphatic carbocycles. The molecule has 0 nitrogen and oxygen atoms in total.